The molecule has 1 aliphatic heterocycles. The van der Waals surface area contributed by atoms with Crippen LogP contribution in [0.15, 0.2) is 170 Å². The van der Waals surface area contributed by atoms with Gasteiger partial charge in [0.1, 0.15) is 0 Å². The predicted molar refractivity (Wildman–Crippen MR) is 220 cm³/mol. The third kappa shape index (κ3) is 3.78. The van der Waals surface area contributed by atoms with Crippen molar-refractivity contribution < 1.29 is 4.57 Å². The van der Waals surface area contributed by atoms with Crippen molar-refractivity contribution in [3.05, 3.63) is 181 Å². The molecule has 9 aromatic rings. The molecular formula is C49H34NOP. The van der Waals surface area contributed by atoms with Crippen LogP contribution in [0.25, 0.3) is 71.6 Å². The summed E-state index contributed by atoms with van der Waals surface area (Å²) in [5, 5.41) is 7.45. The largest absolute Gasteiger partial charge is 0.309 e. The first-order valence-corrected chi connectivity index (χ1v) is 19.8. The second kappa shape index (κ2) is 10.5. The number of benzene rings is 8. The van der Waals surface area contributed by atoms with Crippen molar-refractivity contribution in [2.24, 2.45) is 0 Å². The van der Waals surface area contributed by atoms with E-state index in [0.717, 1.165) is 43.8 Å². The van der Waals surface area contributed by atoms with Gasteiger partial charge in [0.25, 0.3) is 0 Å². The summed E-state index contributed by atoms with van der Waals surface area (Å²) in [5.41, 5.74) is 13.3. The lowest BCUT2D eigenvalue weighted by atomic mass is 9.81. The van der Waals surface area contributed by atoms with Crippen molar-refractivity contribution in [2.75, 3.05) is 0 Å². The standard InChI is InChI=1S/C49H34NOP/c1-49(2)41-22-9-6-16-35(41)36-27-26-31(30-42(36)49)33-19-12-21-37-34(33)20-13-24-44(37)50-43-23-10-7-17-38(43)39-28-29-46-47(48(39)50)40-18-8-11-25-45(40)52(46,51)32-14-4-3-5-15-32/h3-30H,1-2H3. The van der Waals surface area contributed by atoms with Gasteiger partial charge in [-0.1, -0.05) is 159 Å². The smallest absolute Gasteiger partial charge is 0.172 e. The van der Waals surface area contributed by atoms with Crippen LogP contribution >= 0.6 is 7.14 Å². The van der Waals surface area contributed by atoms with Crippen molar-refractivity contribution in [1.29, 1.82) is 0 Å². The molecule has 0 saturated heterocycles. The molecule has 1 aromatic heterocycles. The molecule has 8 aromatic carbocycles. The van der Waals surface area contributed by atoms with Gasteiger partial charge in [0.05, 0.1) is 16.7 Å². The monoisotopic (exact) mass is 683 g/mol. The number of aromatic nitrogens is 1. The van der Waals surface area contributed by atoms with Crippen LogP contribution in [0.5, 0.6) is 0 Å². The topological polar surface area (TPSA) is 22.0 Å². The van der Waals surface area contributed by atoms with Crippen LogP contribution in [0.2, 0.25) is 0 Å². The third-order valence-corrected chi connectivity index (χ3v) is 15.0. The Bertz CT molecular complexity index is 3020. The van der Waals surface area contributed by atoms with Crippen molar-refractivity contribution in [1.82, 2.24) is 4.57 Å². The molecule has 2 nitrogen and oxygen atoms in total. The zero-order valence-electron chi connectivity index (χ0n) is 29.0. The van der Waals surface area contributed by atoms with Gasteiger partial charge in [-0.15, -0.1) is 0 Å². The minimum absolute atomic E-state index is 0.0729. The van der Waals surface area contributed by atoms with Gasteiger partial charge >= 0.3 is 0 Å². The van der Waals surface area contributed by atoms with E-state index >= 15 is 4.57 Å². The molecule has 1 unspecified atom stereocenters. The molecule has 11 rings (SSSR count). The SMILES string of the molecule is CC1(C)c2ccccc2-c2ccc(-c3cccc4c(-n5c6ccccc6c6ccc7c(c65)-c5ccccc5P7(=O)c5ccccc5)cccc34)cc21. The van der Waals surface area contributed by atoms with Gasteiger partial charge in [0.15, 0.2) is 7.14 Å². The summed E-state index contributed by atoms with van der Waals surface area (Å²) < 4.78 is 18.0. The van der Waals surface area contributed by atoms with E-state index in [0.29, 0.717) is 0 Å². The highest BCUT2D eigenvalue weighted by Crippen LogP contribution is 2.55. The van der Waals surface area contributed by atoms with Gasteiger partial charge in [-0.05, 0) is 68.6 Å². The van der Waals surface area contributed by atoms with Crippen LogP contribution in [0.4, 0.5) is 0 Å². The molecule has 246 valence electrons. The highest BCUT2D eigenvalue weighted by molar-refractivity contribution is 7.86. The van der Waals surface area contributed by atoms with Gasteiger partial charge < -0.3 is 9.13 Å². The number of para-hydroxylation sites is 1. The third-order valence-electron chi connectivity index (χ3n) is 11.8. The molecule has 2 heterocycles. The molecule has 0 radical (unpaired) electrons. The summed E-state index contributed by atoms with van der Waals surface area (Å²) in [6.07, 6.45) is 0. The molecule has 52 heavy (non-hydrogen) atoms. The number of rotatable bonds is 3. The first kappa shape index (κ1) is 29.7. The lowest BCUT2D eigenvalue weighted by Crippen LogP contribution is -2.20. The zero-order valence-corrected chi connectivity index (χ0v) is 29.9. The highest BCUT2D eigenvalue weighted by Gasteiger charge is 2.42. The molecule has 1 atom stereocenters. The molecular weight excluding hydrogens is 650 g/mol. The molecule has 1 aliphatic carbocycles. The van der Waals surface area contributed by atoms with Crippen LogP contribution in [0, 0.1) is 0 Å². The van der Waals surface area contributed by atoms with Gasteiger partial charge in [-0.25, -0.2) is 0 Å². The van der Waals surface area contributed by atoms with Gasteiger partial charge in [0, 0.05) is 43.1 Å². The second-order valence-electron chi connectivity index (χ2n) is 14.8. The van der Waals surface area contributed by atoms with E-state index in [-0.39, 0.29) is 5.41 Å². The van der Waals surface area contributed by atoms with E-state index in [1.54, 1.807) is 0 Å². The fourth-order valence-electron chi connectivity index (χ4n) is 9.44. The van der Waals surface area contributed by atoms with E-state index < -0.39 is 7.14 Å². The van der Waals surface area contributed by atoms with Crippen molar-refractivity contribution in [3.8, 4) is 39.1 Å². The maximum absolute atomic E-state index is 15.6. The van der Waals surface area contributed by atoms with Crippen LogP contribution < -0.4 is 15.9 Å². The zero-order chi connectivity index (χ0) is 34.8. The van der Waals surface area contributed by atoms with E-state index in [9.17, 15) is 0 Å². The quantitative estimate of drug-likeness (QED) is 0.170. The minimum Gasteiger partial charge on any atom is -0.309 e. The number of nitrogens with zero attached hydrogens (tertiary/aromatic N) is 1. The molecule has 0 bridgehead atoms. The van der Waals surface area contributed by atoms with Gasteiger partial charge in [0.2, 0.25) is 0 Å². The molecule has 0 fully saturated rings. The summed E-state index contributed by atoms with van der Waals surface area (Å²) >= 11 is 0. The van der Waals surface area contributed by atoms with Crippen molar-refractivity contribution in [3.63, 3.8) is 0 Å². The average Bonchev–Trinajstić information content (AvgIpc) is 3.76. The molecule has 0 amide bonds. The molecule has 0 saturated carbocycles. The fourth-order valence-corrected chi connectivity index (χ4v) is 12.5. The second-order valence-corrected chi connectivity index (χ2v) is 17.5. The average molecular weight is 684 g/mol. The molecule has 3 heteroatoms. The summed E-state index contributed by atoms with van der Waals surface area (Å²) in [6.45, 7) is 4.69. The number of fused-ring (bicyclic) bond motifs is 11. The van der Waals surface area contributed by atoms with Crippen LogP contribution in [0.3, 0.4) is 0 Å². The Morgan fingerprint density at radius 2 is 1.15 bits per heavy atom. The fraction of sp³-hybridized carbons (Fsp3) is 0.0612. The van der Waals surface area contributed by atoms with E-state index in [1.807, 2.05) is 36.4 Å². The van der Waals surface area contributed by atoms with Crippen LogP contribution in [0.1, 0.15) is 25.0 Å². The maximum Gasteiger partial charge on any atom is 0.172 e. The highest BCUT2D eigenvalue weighted by atomic mass is 31.2. The Morgan fingerprint density at radius 1 is 0.481 bits per heavy atom. The predicted octanol–water partition coefficient (Wildman–Crippen LogP) is 11.5. The Balaban J connectivity index is 1.19. The molecule has 0 N–H and O–H groups in total. The Kier molecular flexibility index (Phi) is 6.03. The summed E-state index contributed by atoms with van der Waals surface area (Å²) in [4.78, 5) is 0. The van der Waals surface area contributed by atoms with Crippen LogP contribution in [-0.4, -0.2) is 4.57 Å². The number of hydrogen-bond acceptors (Lipinski definition) is 1. The Hall–Kier alpha value is -5.95. The minimum atomic E-state index is -3.11. The van der Waals surface area contributed by atoms with Crippen LogP contribution in [-0.2, 0) is 9.98 Å². The normalized spacial score (nSPS) is 16.6. The first-order chi connectivity index (χ1) is 25.5. The molecule has 0 spiro atoms. The van der Waals surface area contributed by atoms with Crippen molar-refractivity contribution in [2.45, 2.75) is 19.3 Å². The van der Waals surface area contributed by atoms with Gasteiger partial charge in [-0.3, -0.25) is 0 Å². The van der Waals surface area contributed by atoms with E-state index in [1.165, 1.54) is 54.9 Å². The van der Waals surface area contributed by atoms with E-state index in [2.05, 4.69) is 152 Å². The summed E-state index contributed by atoms with van der Waals surface area (Å²) in [5.74, 6) is 0. The van der Waals surface area contributed by atoms with E-state index in [4.69, 9.17) is 0 Å². The summed E-state index contributed by atoms with van der Waals surface area (Å²) in [6, 6.07) is 60.7. The van der Waals surface area contributed by atoms with Gasteiger partial charge in [-0.2, -0.15) is 0 Å². The lowest BCUT2D eigenvalue weighted by Gasteiger charge is -2.22. The molecule has 2 aliphatic rings. The first-order valence-electron chi connectivity index (χ1n) is 18.1. The Labute approximate surface area is 303 Å². The maximum atomic E-state index is 15.6. The summed E-state index contributed by atoms with van der Waals surface area (Å²) in [7, 11) is -3.11. The Morgan fingerprint density at radius 3 is 2.04 bits per heavy atom. The lowest BCUT2D eigenvalue weighted by molar-refractivity contribution is 0.593. The number of hydrogen-bond donors (Lipinski definition) is 0. The van der Waals surface area contributed by atoms with Crippen molar-refractivity contribution >= 4 is 55.6 Å².